The topological polar surface area (TPSA) is 59.3 Å². The number of Topliss-reactive ketones (excluding diaryl/α,β-unsaturated/α-hetero) is 1. The molecule has 0 atom stereocenters. The van der Waals surface area contributed by atoms with Crippen LogP contribution in [0.15, 0.2) is 18.2 Å². The van der Waals surface area contributed by atoms with Crippen molar-refractivity contribution in [1.29, 1.82) is 5.26 Å². The van der Waals surface area contributed by atoms with Gasteiger partial charge in [0.1, 0.15) is 16.9 Å². The van der Waals surface area contributed by atoms with Gasteiger partial charge in [-0.1, -0.05) is 0 Å². The minimum atomic E-state index is -0.834. The van der Waals surface area contributed by atoms with Gasteiger partial charge >= 0.3 is 0 Å². The molecule has 0 heterocycles. The molecule has 0 saturated heterocycles. The normalized spacial score (nSPS) is 15.8. The van der Waals surface area contributed by atoms with Crippen LogP contribution in [0.2, 0.25) is 0 Å². The Balaban J connectivity index is 2.43. The van der Waals surface area contributed by atoms with Crippen molar-refractivity contribution in [3.8, 4) is 17.6 Å². The Morgan fingerprint density at radius 1 is 1.35 bits per heavy atom. The Bertz CT molecular complexity index is 498. The fourth-order valence-corrected chi connectivity index (χ4v) is 1.76. The maximum Gasteiger partial charge on any atom is 0.186 e. The molecule has 0 spiro atoms. The maximum absolute atomic E-state index is 12.2. The maximum atomic E-state index is 12.2. The smallest absolute Gasteiger partial charge is 0.186 e. The lowest BCUT2D eigenvalue weighted by molar-refractivity contribution is 0.0931. The van der Waals surface area contributed by atoms with Gasteiger partial charge < -0.3 is 9.47 Å². The van der Waals surface area contributed by atoms with Gasteiger partial charge in [-0.25, -0.2) is 0 Å². The molecule has 88 valence electrons. The van der Waals surface area contributed by atoms with Gasteiger partial charge in [0.15, 0.2) is 5.78 Å². The Hall–Kier alpha value is -2.02. The van der Waals surface area contributed by atoms with Crippen molar-refractivity contribution in [2.45, 2.75) is 12.8 Å². The van der Waals surface area contributed by atoms with Crippen molar-refractivity contribution in [3.05, 3.63) is 23.8 Å². The van der Waals surface area contributed by atoms with Gasteiger partial charge in [0.25, 0.3) is 0 Å². The number of benzene rings is 1. The average molecular weight is 231 g/mol. The highest BCUT2D eigenvalue weighted by Gasteiger charge is 2.51. The van der Waals surface area contributed by atoms with Crippen LogP contribution in [0.5, 0.6) is 11.5 Å². The summed E-state index contributed by atoms with van der Waals surface area (Å²) in [5.74, 6) is 0.899. The van der Waals surface area contributed by atoms with Crippen LogP contribution >= 0.6 is 0 Å². The Labute approximate surface area is 99.8 Å². The zero-order valence-electron chi connectivity index (χ0n) is 9.82. The van der Waals surface area contributed by atoms with Gasteiger partial charge in [0, 0.05) is 0 Å². The largest absolute Gasteiger partial charge is 0.497 e. The first-order chi connectivity index (χ1) is 8.16. The Morgan fingerprint density at radius 3 is 2.53 bits per heavy atom. The number of carbonyl (C=O) groups excluding carboxylic acids is 1. The lowest BCUT2D eigenvalue weighted by Crippen LogP contribution is -2.15. The summed E-state index contributed by atoms with van der Waals surface area (Å²) >= 11 is 0. The van der Waals surface area contributed by atoms with E-state index in [0.717, 1.165) is 0 Å². The highest BCUT2D eigenvalue weighted by Crippen LogP contribution is 2.48. The molecule has 1 aliphatic rings. The molecule has 0 aromatic heterocycles. The van der Waals surface area contributed by atoms with Crippen LogP contribution in [0.1, 0.15) is 23.2 Å². The highest BCUT2D eigenvalue weighted by molar-refractivity contribution is 6.06. The lowest BCUT2D eigenvalue weighted by atomic mass is 9.95. The van der Waals surface area contributed by atoms with Crippen molar-refractivity contribution in [2.24, 2.45) is 5.41 Å². The summed E-state index contributed by atoms with van der Waals surface area (Å²) < 4.78 is 10.2. The van der Waals surface area contributed by atoms with E-state index in [1.807, 2.05) is 0 Å². The quantitative estimate of drug-likeness (QED) is 0.745. The molecule has 4 nitrogen and oxygen atoms in total. The number of rotatable bonds is 4. The number of carbonyl (C=O) groups is 1. The average Bonchev–Trinajstić information content (AvgIpc) is 3.18. The molecule has 0 radical (unpaired) electrons. The minimum Gasteiger partial charge on any atom is -0.497 e. The SMILES string of the molecule is COc1ccc(OC)c(C(=O)C2(C#N)CC2)c1. The molecular formula is C13H13NO3. The molecule has 0 amide bonds. The fourth-order valence-electron chi connectivity index (χ4n) is 1.76. The molecular weight excluding hydrogens is 218 g/mol. The number of nitriles is 1. The standard InChI is InChI=1S/C13H13NO3/c1-16-9-3-4-11(17-2)10(7-9)12(15)13(8-14)5-6-13/h3-4,7H,5-6H2,1-2H3. The van der Waals surface area contributed by atoms with E-state index in [-0.39, 0.29) is 5.78 Å². The molecule has 0 unspecified atom stereocenters. The third-order valence-corrected chi connectivity index (χ3v) is 3.05. The number of methoxy groups -OCH3 is 2. The first-order valence-corrected chi connectivity index (χ1v) is 5.35. The molecule has 1 fully saturated rings. The van der Waals surface area contributed by atoms with Crippen LogP contribution < -0.4 is 9.47 Å². The molecule has 1 aromatic rings. The first-order valence-electron chi connectivity index (χ1n) is 5.35. The summed E-state index contributed by atoms with van der Waals surface area (Å²) in [5, 5.41) is 9.04. The second-order valence-electron chi connectivity index (χ2n) is 4.09. The summed E-state index contributed by atoms with van der Waals surface area (Å²) in [6, 6.07) is 7.12. The van der Waals surface area contributed by atoms with Crippen LogP contribution in [-0.2, 0) is 0 Å². The molecule has 1 saturated carbocycles. The molecule has 2 rings (SSSR count). The molecule has 17 heavy (non-hydrogen) atoms. The third-order valence-electron chi connectivity index (χ3n) is 3.05. The van der Waals surface area contributed by atoms with E-state index in [1.165, 1.54) is 14.2 Å². The van der Waals surface area contributed by atoms with Crippen LogP contribution in [0.3, 0.4) is 0 Å². The molecule has 1 aromatic carbocycles. The van der Waals surface area contributed by atoms with Gasteiger partial charge in [0.2, 0.25) is 0 Å². The third kappa shape index (κ3) is 1.84. The molecule has 1 aliphatic carbocycles. The highest BCUT2D eigenvalue weighted by atomic mass is 16.5. The second-order valence-corrected chi connectivity index (χ2v) is 4.09. The van der Waals surface area contributed by atoms with Gasteiger partial charge in [-0.05, 0) is 31.0 Å². The van der Waals surface area contributed by atoms with Gasteiger partial charge in [-0.15, -0.1) is 0 Å². The van der Waals surface area contributed by atoms with Crippen LogP contribution in [0, 0.1) is 16.7 Å². The number of hydrogen-bond acceptors (Lipinski definition) is 4. The lowest BCUT2D eigenvalue weighted by Gasteiger charge is -2.11. The van der Waals surface area contributed by atoms with E-state index in [0.29, 0.717) is 29.9 Å². The van der Waals surface area contributed by atoms with E-state index in [2.05, 4.69) is 6.07 Å². The van der Waals surface area contributed by atoms with Crippen LogP contribution in [0.25, 0.3) is 0 Å². The predicted octanol–water partition coefficient (Wildman–Crippen LogP) is 2.19. The summed E-state index contributed by atoms with van der Waals surface area (Å²) in [6.45, 7) is 0. The van der Waals surface area contributed by atoms with Gasteiger partial charge in [0.05, 0.1) is 25.9 Å². The summed E-state index contributed by atoms with van der Waals surface area (Å²) in [4.78, 5) is 12.2. The second kappa shape index (κ2) is 4.10. The summed E-state index contributed by atoms with van der Waals surface area (Å²) in [6.07, 6.45) is 1.26. The van der Waals surface area contributed by atoms with E-state index in [1.54, 1.807) is 18.2 Å². The van der Waals surface area contributed by atoms with Crippen molar-refractivity contribution >= 4 is 5.78 Å². The predicted molar refractivity (Wildman–Crippen MR) is 61.2 cm³/mol. The zero-order chi connectivity index (χ0) is 12.5. The molecule has 0 aliphatic heterocycles. The summed E-state index contributed by atoms with van der Waals surface area (Å²) in [5.41, 5.74) is -0.412. The monoisotopic (exact) mass is 231 g/mol. The molecule has 4 heteroatoms. The van der Waals surface area contributed by atoms with Crippen molar-refractivity contribution in [1.82, 2.24) is 0 Å². The van der Waals surface area contributed by atoms with E-state index in [9.17, 15) is 4.79 Å². The van der Waals surface area contributed by atoms with Crippen molar-refractivity contribution in [3.63, 3.8) is 0 Å². The van der Waals surface area contributed by atoms with E-state index in [4.69, 9.17) is 14.7 Å². The molecule has 0 bridgehead atoms. The zero-order valence-corrected chi connectivity index (χ0v) is 9.82. The summed E-state index contributed by atoms with van der Waals surface area (Å²) in [7, 11) is 3.04. The number of ether oxygens (including phenoxy) is 2. The van der Waals surface area contributed by atoms with Crippen molar-refractivity contribution < 1.29 is 14.3 Å². The van der Waals surface area contributed by atoms with Gasteiger partial charge in [-0.3, -0.25) is 4.79 Å². The number of ketones is 1. The number of nitrogens with zero attached hydrogens (tertiary/aromatic N) is 1. The Morgan fingerprint density at radius 2 is 2.06 bits per heavy atom. The first kappa shape index (κ1) is 11.5. The minimum absolute atomic E-state index is 0.171. The fraction of sp³-hybridized carbons (Fsp3) is 0.385. The number of hydrogen-bond donors (Lipinski definition) is 0. The van der Waals surface area contributed by atoms with Crippen molar-refractivity contribution in [2.75, 3.05) is 14.2 Å². The molecule has 0 N–H and O–H groups in total. The van der Waals surface area contributed by atoms with E-state index >= 15 is 0 Å². The van der Waals surface area contributed by atoms with Gasteiger partial charge in [-0.2, -0.15) is 5.26 Å². The van der Waals surface area contributed by atoms with Crippen LogP contribution in [-0.4, -0.2) is 20.0 Å². The Kier molecular flexibility index (Phi) is 2.76. The van der Waals surface area contributed by atoms with E-state index < -0.39 is 5.41 Å². The van der Waals surface area contributed by atoms with Crippen LogP contribution in [0.4, 0.5) is 0 Å².